The van der Waals surface area contributed by atoms with Crippen LogP contribution < -0.4 is 10.6 Å². The lowest BCUT2D eigenvalue weighted by Crippen LogP contribution is -2.13. The average molecular weight is 256 g/mol. The number of hydrogen-bond acceptors (Lipinski definition) is 5. The molecule has 0 aliphatic rings. The molecule has 0 fully saturated rings. The van der Waals surface area contributed by atoms with Crippen LogP contribution in [0.4, 0.5) is 20.5 Å². The molecule has 0 unspecified atom stereocenters. The zero-order valence-electron chi connectivity index (χ0n) is 9.87. The number of hydrogen-bond donors (Lipinski definition) is 3. The number of aromatic nitrogens is 4. The minimum atomic E-state index is -2.44. The molecule has 3 N–H and O–H groups in total. The third-order valence-electron chi connectivity index (χ3n) is 2.24. The number of H-pyrrole nitrogens is 1. The van der Waals surface area contributed by atoms with Crippen molar-refractivity contribution in [3.63, 3.8) is 0 Å². The van der Waals surface area contributed by atoms with Crippen molar-refractivity contribution in [2.75, 3.05) is 23.7 Å². The van der Waals surface area contributed by atoms with E-state index in [4.69, 9.17) is 0 Å². The summed E-state index contributed by atoms with van der Waals surface area (Å²) in [6, 6.07) is 0. The lowest BCUT2D eigenvalue weighted by molar-refractivity contribution is 0.163. The summed E-state index contributed by atoms with van der Waals surface area (Å²) in [6.45, 7) is 2.26. The van der Waals surface area contributed by atoms with Gasteiger partial charge in [0.25, 0.3) is 6.43 Å². The van der Waals surface area contributed by atoms with Crippen LogP contribution in [0.25, 0.3) is 11.2 Å². The molecule has 0 amide bonds. The third-order valence-corrected chi connectivity index (χ3v) is 2.24. The Morgan fingerprint density at radius 1 is 1.33 bits per heavy atom. The van der Waals surface area contributed by atoms with E-state index in [1.54, 1.807) is 0 Å². The number of rotatable bonds is 6. The molecule has 0 spiro atoms. The summed E-state index contributed by atoms with van der Waals surface area (Å²) in [6.07, 6.45) is -0.0666. The van der Waals surface area contributed by atoms with Crippen molar-refractivity contribution >= 4 is 22.9 Å². The fraction of sp³-hybridized carbons (Fsp3) is 0.500. The molecule has 0 aromatic carbocycles. The molecule has 0 bridgehead atoms. The van der Waals surface area contributed by atoms with Crippen LogP contribution in [0.3, 0.4) is 0 Å². The Kier molecular flexibility index (Phi) is 3.85. The third kappa shape index (κ3) is 2.82. The molecule has 2 heterocycles. The molecule has 6 nitrogen and oxygen atoms in total. The molecule has 98 valence electrons. The highest BCUT2D eigenvalue weighted by atomic mass is 19.3. The standard InChI is InChI=1S/C10H14F2N6/c1-2-3-13-10-17-8(14-4-6(11)12)7-9(18-10)16-5-15-7/h5-6H,2-4H2,1H3,(H3,13,14,15,16,17,18). The molecule has 2 aromatic heterocycles. The number of fused-ring (bicyclic) bond motifs is 1. The predicted molar refractivity (Wildman–Crippen MR) is 65.0 cm³/mol. The van der Waals surface area contributed by atoms with Gasteiger partial charge in [0.15, 0.2) is 11.5 Å². The molecule has 0 aliphatic carbocycles. The van der Waals surface area contributed by atoms with Crippen molar-refractivity contribution in [2.45, 2.75) is 19.8 Å². The monoisotopic (exact) mass is 256 g/mol. The van der Waals surface area contributed by atoms with E-state index in [1.165, 1.54) is 6.33 Å². The van der Waals surface area contributed by atoms with Crippen molar-refractivity contribution in [3.8, 4) is 0 Å². The van der Waals surface area contributed by atoms with E-state index >= 15 is 0 Å². The van der Waals surface area contributed by atoms with Crippen molar-refractivity contribution in [3.05, 3.63) is 6.33 Å². The van der Waals surface area contributed by atoms with Gasteiger partial charge >= 0.3 is 0 Å². The Bertz CT molecular complexity index is 512. The maximum absolute atomic E-state index is 12.2. The zero-order valence-corrected chi connectivity index (χ0v) is 9.87. The topological polar surface area (TPSA) is 78.5 Å². The molecule has 2 rings (SSSR count). The lowest BCUT2D eigenvalue weighted by atomic mass is 10.4. The number of nitrogens with one attached hydrogen (secondary N) is 3. The lowest BCUT2D eigenvalue weighted by Gasteiger charge is -2.08. The SMILES string of the molecule is CCCNc1nc(NCC(F)F)c2[nH]cnc2n1. The predicted octanol–water partition coefficient (Wildman–Crippen LogP) is 1.85. The summed E-state index contributed by atoms with van der Waals surface area (Å²) in [7, 11) is 0. The summed E-state index contributed by atoms with van der Waals surface area (Å²) < 4.78 is 24.4. The maximum atomic E-state index is 12.2. The van der Waals surface area contributed by atoms with Gasteiger partial charge in [-0.1, -0.05) is 6.92 Å². The van der Waals surface area contributed by atoms with Crippen LogP contribution in [0.5, 0.6) is 0 Å². The Hall–Kier alpha value is -1.99. The first-order valence-corrected chi connectivity index (χ1v) is 5.67. The summed E-state index contributed by atoms with van der Waals surface area (Å²) in [5.41, 5.74) is 0.970. The highest BCUT2D eigenvalue weighted by Gasteiger charge is 2.11. The smallest absolute Gasteiger partial charge is 0.255 e. The van der Waals surface area contributed by atoms with E-state index in [2.05, 4.69) is 30.6 Å². The van der Waals surface area contributed by atoms with Gasteiger partial charge < -0.3 is 15.6 Å². The second-order valence-corrected chi connectivity index (χ2v) is 3.70. The summed E-state index contributed by atoms with van der Waals surface area (Å²) in [4.78, 5) is 15.1. The number of alkyl halides is 2. The van der Waals surface area contributed by atoms with E-state index in [9.17, 15) is 8.78 Å². The molecule has 2 aromatic rings. The Morgan fingerprint density at radius 3 is 2.89 bits per heavy atom. The number of imidazole rings is 1. The van der Waals surface area contributed by atoms with Gasteiger partial charge in [-0.15, -0.1) is 0 Å². The molecular weight excluding hydrogens is 242 g/mol. The first kappa shape index (κ1) is 12.5. The minimum Gasteiger partial charge on any atom is -0.362 e. The van der Waals surface area contributed by atoms with Crippen LogP contribution in [0.2, 0.25) is 0 Å². The first-order chi connectivity index (χ1) is 8.70. The fourth-order valence-electron chi connectivity index (χ4n) is 1.45. The molecule has 0 saturated heterocycles. The van der Waals surface area contributed by atoms with Gasteiger partial charge in [-0.05, 0) is 6.42 Å². The van der Waals surface area contributed by atoms with Gasteiger partial charge in [0, 0.05) is 6.54 Å². The van der Waals surface area contributed by atoms with Crippen LogP contribution in [0.1, 0.15) is 13.3 Å². The van der Waals surface area contributed by atoms with E-state index < -0.39 is 13.0 Å². The van der Waals surface area contributed by atoms with Gasteiger partial charge in [0.2, 0.25) is 5.95 Å². The Labute approximate surface area is 102 Å². The molecule has 0 radical (unpaired) electrons. The van der Waals surface area contributed by atoms with Gasteiger partial charge in [-0.25, -0.2) is 13.8 Å². The second kappa shape index (κ2) is 5.56. The second-order valence-electron chi connectivity index (χ2n) is 3.70. The number of halogens is 2. The Morgan fingerprint density at radius 2 is 2.17 bits per heavy atom. The molecular formula is C10H14F2N6. The zero-order chi connectivity index (χ0) is 13.0. The highest BCUT2D eigenvalue weighted by Crippen LogP contribution is 2.18. The quantitative estimate of drug-likeness (QED) is 0.735. The molecule has 18 heavy (non-hydrogen) atoms. The average Bonchev–Trinajstić information content (AvgIpc) is 2.81. The number of aromatic amines is 1. The summed E-state index contributed by atoms with van der Waals surface area (Å²) in [5.74, 6) is 0.713. The van der Waals surface area contributed by atoms with Gasteiger partial charge in [0.1, 0.15) is 5.52 Å². The molecule has 8 heteroatoms. The van der Waals surface area contributed by atoms with Crippen molar-refractivity contribution < 1.29 is 8.78 Å². The van der Waals surface area contributed by atoms with Crippen LogP contribution in [-0.4, -0.2) is 39.5 Å². The van der Waals surface area contributed by atoms with Gasteiger partial charge in [-0.3, -0.25) is 0 Å². The number of anilines is 2. The van der Waals surface area contributed by atoms with Crippen LogP contribution in [-0.2, 0) is 0 Å². The van der Waals surface area contributed by atoms with Crippen LogP contribution >= 0.6 is 0 Å². The molecule has 0 aliphatic heterocycles. The summed E-state index contributed by atoms with van der Waals surface area (Å²) >= 11 is 0. The van der Waals surface area contributed by atoms with E-state index in [0.29, 0.717) is 29.5 Å². The minimum absolute atomic E-state index is 0.330. The fourth-order valence-corrected chi connectivity index (χ4v) is 1.45. The van der Waals surface area contributed by atoms with E-state index in [0.717, 1.165) is 6.42 Å². The normalized spacial score (nSPS) is 11.1. The van der Waals surface area contributed by atoms with Gasteiger partial charge in [0.05, 0.1) is 12.9 Å². The van der Waals surface area contributed by atoms with Crippen molar-refractivity contribution in [1.29, 1.82) is 0 Å². The van der Waals surface area contributed by atoms with Crippen LogP contribution in [0, 0.1) is 0 Å². The van der Waals surface area contributed by atoms with Crippen molar-refractivity contribution in [2.24, 2.45) is 0 Å². The first-order valence-electron chi connectivity index (χ1n) is 5.67. The largest absolute Gasteiger partial charge is 0.362 e. The van der Waals surface area contributed by atoms with Crippen molar-refractivity contribution in [1.82, 2.24) is 19.9 Å². The number of nitrogens with zero attached hydrogens (tertiary/aromatic N) is 3. The van der Waals surface area contributed by atoms with E-state index in [-0.39, 0.29) is 0 Å². The van der Waals surface area contributed by atoms with Crippen LogP contribution in [0.15, 0.2) is 6.33 Å². The highest BCUT2D eigenvalue weighted by molar-refractivity contribution is 5.83. The maximum Gasteiger partial charge on any atom is 0.255 e. The Balaban J connectivity index is 2.26. The van der Waals surface area contributed by atoms with Gasteiger partial charge in [-0.2, -0.15) is 9.97 Å². The summed E-state index contributed by atoms with van der Waals surface area (Å²) in [5, 5.41) is 5.58. The molecule has 0 atom stereocenters. The molecule has 0 saturated carbocycles. The van der Waals surface area contributed by atoms with E-state index in [1.807, 2.05) is 6.92 Å².